The van der Waals surface area contributed by atoms with Crippen LogP contribution in [0.1, 0.15) is 44.2 Å². The average Bonchev–Trinajstić information content (AvgIpc) is 2.85. The molecule has 3 rings (SSSR count). The lowest BCUT2D eigenvalue weighted by Crippen LogP contribution is -2.35. The summed E-state index contributed by atoms with van der Waals surface area (Å²) in [5.41, 5.74) is 2.30. The monoisotopic (exact) mass is 484 g/mol. The highest BCUT2D eigenvalue weighted by atomic mass is 16.5. The van der Waals surface area contributed by atoms with E-state index in [1.165, 1.54) is 18.4 Å². The Hall–Kier alpha value is -2.28. The second-order valence-electron chi connectivity index (χ2n) is 9.88. The molecule has 0 spiro atoms. The largest absolute Gasteiger partial charge is 0.493 e. The van der Waals surface area contributed by atoms with E-state index >= 15 is 0 Å². The third kappa shape index (κ3) is 9.02. The summed E-state index contributed by atoms with van der Waals surface area (Å²) in [5, 5.41) is 10.5. The minimum absolute atomic E-state index is 0.275. The Labute approximate surface area is 211 Å². The van der Waals surface area contributed by atoms with Crippen molar-refractivity contribution >= 4 is 0 Å². The zero-order valence-electron chi connectivity index (χ0n) is 22.0. The van der Waals surface area contributed by atoms with E-state index in [1.807, 2.05) is 37.4 Å². The van der Waals surface area contributed by atoms with Gasteiger partial charge in [-0.15, -0.1) is 0 Å². The molecule has 0 amide bonds. The molecule has 0 bridgehead atoms. The summed E-state index contributed by atoms with van der Waals surface area (Å²) in [6.07, 6.45) is 4.02. The number of likely N-dealkylation sites (N-methyl/N-ethyl adjacent to an activating group) is 1. The predicted molar refractivity (Wildman–Crippen MR) is 142 cm³/mol. The fourth-order valence-corrected chi connectivity index (χ4v) is 4.60. The van der Waals surface area contributed by atoms with E-state index in [0.717, 1.165) is 61.2 Å². The minimum atomic E-state index is -0.572. The van der Waals surface area contributed by atoms with E-state index in [-0.39, 0.29) is 6.61 Å². The quantitative estimate of drug-likeness (QED) is 0.422. The summed E-state index contributed by atoms with van der Waals surface area (Å²) in [7, 11) is 3.68. The van der Waals surface area contributed by atoms with Crippen LogP contribution in [0.4, 0.5) is 0 Å². The summed E-state index contributed by atoms with van der Waals surface area (Å²) in [6, 6.07) is 14.2. The van der Waals surface area contributed by atoms with Gasteiger partial charge in [0.1, 0.15) is 25.1 Å². The first-order chi connectivity index (χ1) is 17.0. The normalized spacial score (nSPS) is 15.8. The van der Waals surface area contributed by atoms with Gasteiger partial charge in [-0.05, 0) is 74.6 Å². The van der Waals surface area contributed by atoms with Crippen LogP contribution in [0.25, 0.3) is 0 Å². The molecule has 2 aromatic carbocycles. The van der Waals surface area contributed by atoms with E-state index < -0.39 is 6.10 Å². The Morgan fingerprint density at radius 2 is 1.83 bits per heavy atom. The third-order valence-electron chi connectivity index (χ3n) is 6.67. The van der Waals surface area contributed by atoms with Crippen LogP contribution in [0.2, 0.25) is 0 Å². The van der Waals surface area contributed by atoms with Gasteiger partial charge in [0.2, 0.25) is 0 Å². The smallest absolute Gasteiger partial charge is 0.161 e. The second-order valence-corrected chi connectivity index (χ2v) is 9.88. The van der Waals surface area contributed by atoms with Crippen LogP contribution in [0.15, 0.2) is 42.5 Å². The van der Waals surface area contributed by atoms with Crippen molar-refractivity contribution in [2.45, 2.75) is 52.2 Å². The third-order valence-corrected chi connectivity index (χ3v) is 6.67. The number of aryl methyl sites for hydroxylation is 1. The van der Waals surface area contributed by atoms with Crippen molar-refractivity contribution < 1.29 is 19.3 Å². The number of benzene rings is 2. The molecule has 0 aromatic heterocycles. The number of hydrogen-bond donors (Lipinski definition) is 1. The molecule has 6 nitrogen and oxygen atoms in total. The van der Waals surface area contributed by atoms with Gasteiger partial charge >= 0.3 is 0 Å². The van der Waals surface area contributed by atoms with Crippen LogP contribution < -0.4 is 14.2 Å². The maximum absolute atomic E-state index is 10.5. The van der Waals surface area contributed by atoms with Crippen molar-refractivity contribution in [1.29, 1.82) is 0 Å². The van der Waals surface area contributed by atoms with Crippen molar-refractivity contribution in [1.82, 2.24) is 9.80 Å². The van der Waals surface area contributed by atoms with Gasteiger partial charge in [-0.25, -0.2) is 0 Å². The highest BCUT2D eigenvalue weighted by Crippen LogP contribution is 2.29. The van der Waals surface area contributed by atoms with Crippen LogP contribution >= 0.6 is 0 Å². The highest BCUT2D eigenvalue weighted by Gasteiger charge is 2.16. The van der Waals surface area contributed by atoms with Crippen LogP contribution in [0, 0.1) is 5.92 Å². The number of rotatable bonds is 14. The highest BCUT2D eigenvalue weighted by molar-refractivity contribution is 5.43. The van der Waals surface area contributed by atoms with Gasteiger partial charge in [-0.1, -0.05) is 44.5 Å². The predicted octanol–water partition coefficient (Wildman–Crippen LogP) is 4.63. The Bertz CT molecular complexity index is 883. The summed E-state index contributed by atoms with van der Waals surface area (Å²) in [4.78, 5) is 4.58. The molecule has 1 N–H and O–H groups in total. The zero-order valence-corrected chi connectivity index (χ0v) is 22.0. The summed E-state index contributed by atoms with van der Waals surface area (Å²) in [5.74, 6) is 3.24. The fraction of sp³-hybridized carbons (Fsp3) is 0.586. The van der Waals surface area contributed by atoms with Crippen molar-refractivity contribution in [2.75, 3.05) is 53.6 Å². The van der Waals surface area contributed by atoms with Gasteiger partial charge in [-0.2, -0.15) is 0 Å². The SMILES string of the molecule is CCCc1ccccc1OCC(O)CN(C)Cc1ccc(OCCN2CCC(C)CC2)c(OC)c1. The van der Waals surface area contributed by atoms with E-state index in [2.05, 4.69) is 35.8 Å². The lowest BCUT2D eigenvalue weighted by Gasteiger charge is -2.30. The molecule has 0 aliphatic carbocycles. The first-order valence-corrected chi connectivity index (χ1v) is 13.1. The average molecular weight is 485 g/mol. The van der Waals surface area contributed by atoms with Crippen molar-refractivity contribution in [3.05, 3.63) is 53.6 Å². The minimum Gasteiger partial charge on any atom is -0.493 e. The van der Waals surface area contributed by atoms with Crippen LogP contribution in [-0.4, -0.2) is 74.6 Å². The van der Waals surface area contributed by atoms with Crippen molar-refractivity contribution in [2.24, 2.45) is 5.92 Å². The van der Waals surface area contributed by atoms with Gasteiger partial charge in [0.05, 0.1) is 7.11 Å². The first-order valence-electron chi connectivity index (χ1n) is 13.1. The fourth-order valence-electron chi connectivity index (χ4n) is 4.60. The Morgan fingerprint density at radius 3 is 2.57 bits per heavy atom. The molecule has 0 radical (unpaired) electrons. The molecular formula is C29H44N2O4. The van der Waals surface area contributed by atoms with Gasteiger partial charge < -0.3 is 19.3 Å². The number of nitrogens with zero attached hydrogens (tertiary/aromatic N) is 2. The molecule has 1 aliphatic rings. The summed E-state index contributed by atoms with van der Waals surface area (Å²) >= 11 is 0. The van der Waals surface area contributed by atoms with Gasteiger partial charge in [0, 0.05) is 19.6 Å². The molecule has 2 aromatic rings. The van der Waals surface area contributed by atoms with Gasteiger partial charge in [0.25, 0.3) is 0 Å². The number of hydrogen-bond acceptors (Lipinski definition) is 6. The topological polar surface area (TPSA) is 54.4 Å². The Kier molecular flexibility index (Phi) is 11.2. The van der Waals surface area contributed by atoms with Gasteiger partial charge in [-0.3, -0.25) is 9.80 Å². The Morgan fingerprint density at radius 1 is 1.06 bits per heavy atom. The molecule has 6 heteroatoms. The summed E-state index contributed by atoms with van der Waals surface area (Å²) < 4.78 is 17.6. The number of para-hydroxylation sites is 1. The summed E-state index contributed by atoms with van der Waals surface area (Å²) in [6.45, 7) is 9.92. The Balaban J connectivity index is 1.44. The molecule has 1 saturated heterocycles. The van der Waals surface area contributed by atoms with E-state index in [9.17, 15) is 5.11 Å². The molecule has 1 aliphatic heterocycles. The van der Waals surface area contributed by atoms with E-state index in [1.54, 1.807) is 7.11 Å². The number of piperidine rings is 1. The molecule has 1 unspecified atom stereocenters. The molecule has 0 saturated carbocycles. The maximum Gasteiger partial charge on any atom is 0.161 e. The number of likely N-dealkylation sites (tertiary alicyclic amines) is 1. The number of ether oxygens (including phenoxy) is 3. The molecular weight excluding hydrogens is 440 g/mol. The molecule has 1 heterocycles. The molecule has 194 valence electrons. The van der Waals surface area contributed by atoms with E-state index in [4.69, 9.17) is 14.2 Å². The molecule has 1 fully saturated rings. The lowest BCUT2D eigenvalue weighted by molar-refractivity contribution is 0.0740. The van der Waals surface area contributed by atoms with Crippen molar-refractivity contribution in [3.63, 3.8) is 0 Å². The van der Waals surface area contributed by atoms with Crippen LogP contribution in [-0.2, 0) is 13.0 Å². The first kappa shape index (κ1) is 27.3. The second kappa shape index (κ2) is 14.3. The van der Waals surface area contributed by atoms with E-state index in [0.29, 0.717) is 19.7 Å². The molecule has 1 atom stereocenters. The number of aliphatic hydroxyl groups is 1. The number of methoxy groups -OCH3 is 1. The zero-order chi connectivity index (χ0) is 25.0. The van der Waals surface area contributed by atoms with Crippen molar-refractivity contribution in [3.8, 4) is 17.2 Å². The standard InChI is InChI=1S/C29H44N2O4/c1-5-8-25-9-6-7-10-27(25)35-22-26(32)21-30(3)20-24-11-12-28(29(19-24)33-4)34-18-17-31-15-13-23(2)14-16-31/h6-7,9-12,19,23,26,32H,5,8,13-18,20-22H2,1-4H3. The van der Waals surface area contributed by atoms with Crippen LogP contribution in [0.5, 0.6) is 17.2 Å². The van der Waals surface area contributed by atoms with Crippen LogP contribution in [0.3, 0.4) is 0 Å². The molecule has 35 heavy (non-hydrogen) atoms. The lowest BCUT2D eigenvalue weighted by atomic mass is 9.99. The maximum atomic E-state index is 10.5. The van der Waals surface area contributed by atoms with Gasteiger partial charge in [0.15, 0.2) is 11.5 Å². The number of aliphatic hydroxyl groups excluding tert-OH is 1.